The molecule has 0 radical (unpaired) electrons. The number of fused-ring (bicyclic) bond motifs is 1. The molecule has 0 fully saturated rings. The second-order valence-corrected chi connectivity index (χ2v) is 7.07. The first-order valence-corrected chi connectivity index (χ1v) is 9.11. The topological polar surface area (TPSA) is 66.0 Å². The molecule has 5 nitrogen and oxygen atoms in total. The molecular formula is C21H19ClN4O. The van der Waals surface area contributed by atoms with Crippen molar-refractivity contribution in [2.45, 2.75) is 33.0 Å². The zero-order valence-electron chi connectivity index (χ0n) is 15.2. The highest BCUT2D eigenvalue weighted by atomic mass is 35.5. The van der Waals surface area contributed by atoms with Crippen LogP contribution in [0.2, 0.25) is 5.02 Å². The minimum absolute atomic E-state index is 0.142. The highest BCUT2D eigenvalue weighted by Crippen LogP contribution is 2.27. The number of halogens is 1. The van der Waals surface area contributed by atoms with E-state index >= 15 is 0 Å². The molecule has 0 amide bonds. The fraction of sp³-hybridized carbons (Fsp3) is 0.238. The van der Waals surface area contributed by atoms with Crippen LogP contribution in [0.1, 0.15) is 35.0 Å². The number of nitrogens with two attached hydrogens (primary N) is 1. The first-order chi connectivity index (χ1) is 13.0. The van der Waals surface area contributed by atoms with Crippen LogP contribution in [0, 0.1) is 18.8 Å². The predicted molar refractivity (Wildman–Crippen MR) is 106 cm³/mol. The molecule has 3 heterocycles. The van der Waals surface area contributed by atoms with Crippen molar-refractivity contribution in [3.63, 3.8) is 0 Å². The van der Waals surface area contributed by atoms with Gasteiger partial charge in [0.2, 0.25) is 0 Å². The maximum Gasteiger partial charge on any atom is 0.141 e. The molecule has 2 N–H and O–H groups in total. The smallest absolute Gasteiger partial charge is 0.141 e. The second kappa shape index (κ2) is 7.07. The van der Waals surface area contributed by atoms with Crippen LogP contribution in [0.25, 0.3) is 5.69 Å². The molecule has 0 saturated heterocycles. The van der Waals surface area contributed by atoms with Gasteiger partial charge in [-0.05, 0) is 55.7 Å². The van der Waals surface area contributed by atoms with Crippen molar-refractivity contribution in [3.8, 4) is 17.5 Å². The zero-order valence-corrected chi connectivity index (χ0v) is 15.9. The number of nitrogens with zero attached hydrogens (tertiary/aromatic N) is 3. The molecule has 1 atom stereocenters. The molecule has 6 heteroatoms. The van der Waals surface area contributed by atoms with E-state index in [4.69, 9.17) is 27.2 Å². The third-order valence-corrected chi connectivity index (χ3v) is 5.00. The molecule has 2 aromatic heterocycles. The molecule has 0 spiro atoms. The predicted octanol–water partition coefficient (Wildman–Crippen LogP) is 3.67. The molecule has 1 aliphatic heterocycles. The molecule has 4 rings (SSSR count). The van der Waals surface area contributed by atoms with Crippen LogP contribution in [0.3, 0.4) is 0 Å². The van der Waals surface area contributed by atoms with Gasteiger partial charge in [0, 0.05) is 28.8 Å². The number of hydrogen-bond donors (Lipinski definition) is 1. The normalized spacial score (nSPS) is 15.7. The summed E-state index contributed by atoms with van der Waals surface area (Å²) >= 11 is 6.18. The number of rotatable bonds is 1. The van der Waals surface area contributed by atoms with Crippen LogP contribution in [0.5, 0.6) is 0 Å². The first kappa shape index (κ1) is 17.6. The lowest BCUT2D eigenvalue weighted by Gasteiger charge is -2.21. The van der Waals surface area contributed by atoms with Gasteiger partial charge in [-0.15, -0.1) is 0 Å². The molecule has 3 aromatic rings. The summed E-state index contributed by atoms with van der Waals surface area (Å²) in [6, 6.07) is 9.49. The van der Waals surface area contributed by atoms with E-state index in [1.807, 2.05) is 35.9 Å². The number of aryl methyl sites for hydroxylation is 1. The number of aromatic nitrogens is 3. The van der Waals surface area contributed by atoms with Gasteiger partial charge in [-0.25, -0.2) is 9.67 Å². The number of hydrogen-bond acceptors (Lipinski definition) is 4. The van der Waals surface area contributed by atoms with E-state index in [0.29, 0.717) is 12.4 Å². The Kier molecular flexibility index (Phi) is 4.61. The van der Waals surface area contributed by atoms with Crippen LogP contribution in [0.15, 0.2) is 36.5 Å². The van der Waals surface area contributed by atoms with Crippen molar-refractivity contribution in [3.05, 3.63) is 69.6 Å². The van der Waals surface area contributed by atoms with Crippen molar-refractivity contribution < 1.29 is 4.74 Å². The summed E-state index contributed by atoms with van der Waals surface area (Å²) in [4.78, 5) is 4.07. The number of anilines is 1. The molecule has 1 aromatic carbocycles. The van der Waals surface area contributed by atoms with Crippen LogP contribution in [-0.4, -0.2) is 20.9 Å². The highest BCUT2D eigenvalue weighted by molar-refractivity contribution is 6.31. The molecule has 0 bridgehead atoms. The standard InChI is InChI=1S/C21H19ClN4O/c1-13-9-16(5-6-18(13)22)26-20-10-14(2)27-12-17(20)19(25-26)7-3-15-4-8-21(23)24-11-15/h4-6,8-9,11,14H,10,12H2,1-2H3,(H2,23,24)/t14-/m0/s1. The summed E-state index contributed by atoms with van der Waals surface area (Å²) in [6.07, 6.45) is 2.59. The maximum atomic E-state index is 6.18. The third kappa shape index (κ3) is 3.55. The van der Waals surface area contributed by atoms with E-state index < -0.39 is 0 Å². The van der Waals surface area contributed by atoms with E-state index in [1.165, 1.54) is 0 Å². The molecule has 1 aliphatic rings. The number of ether oxygens (including phenoxy) is 1. The van der Waals surface area contributed by atoms with Crippen molar-refractivity contribution in [1.82, 2.24) is 14.8 Å². The minimum atomic E-state index is 0.142. The minimum Gasteiger partial charge on any atom is -0.384 e. The first-order valence-electron chi connectivity index (χ1n) is 8.73. The average molecular weight is 379 g/mol. The van der Waals surface area contributed by atoms with E-state index in [-0.39, 0.29) is 6.10 Å². The molecule has 27 heavy (non-hydrogen) atoms. The summed E-state index contributed by atoms with van der Waals surface area (Å²) in [5.74, 6) is 6.76. The van der Waals surface area contributed by atoms with Gasteiger partial charge >= 0.3 is 0 Å². The van der Waals surface area contributed by atoms with E-state index in [0.717, 1.165) is 45.2 Å². The second-order valence-electron chi connectivity index (χ2n) is 6.67. The molecule has 0 saturated carbocycles. The van der Waals surface area contributed by atoms with Crippen LogP contribution >= 0.6 is 11.6 Å². The van der Waals surface area contributed by atoms with E-state index in [2.05, 4.69) is 23.7 Å². The summed E-state index contributed by atoms with van der Waals surface area (Å²) in [5.41, 5.74) is 11.3. The van der Waals surface area contributed by atoms with Gasteiger partial charge < -0.3 is 10.5 Å². The number of pyridine rings is 1. The Bertz CT molecular complexity index is 1060. The van der Waals surface area contributed by atoms with Crippen LogP contribution in [-0.2, 0) is 17.8 Å². The number of benzene rings is 1. The Morgan fingerprint density at radius 1 is 1.26 bits per heavy atom. The Morgan fingerprint density at radius 3 is 2.85 bits per heavy atom. The van der Waals surface area contributed by atoms with Gasteiger partial charge in [0.1, 0.15) is 11.5 Å². The van der Waals surface area contributed by atoms with Crippen molar-refractivity contribution in [2.24, 2.45) is 0 Å². The average Bonchev–Trinajstić information content (AvgIpc) is 3.01. The van der Waals surface area contributed by atoms with Crippen LogP contribution in [0.4, 0.5) is 5.82 Å². The summed E-state index contributed by atoms with van der Waals surface area (Å²) in [6.45, 7) is 4.56. The molecule has 136 valence electrons. The Labute approximate surface area is 163 Å². The molecule has 0 aliphatic carbocycles. The molecular weight excluding hydrogens is 360 g/mol. The Morgan fingerprint density at radius 2 is 2.11 bits per heavy atom. The van der Waals surface area contributed by atoms with Gasteiger partial charge in [-0.2, -0.15) is 5.10 Å². The van der Waals surface area contributed by atoms with Gasteiger partial charge in [0.15, 0.2) is 0 Å². The maximum absolute atomic E-state index is 6.18. The summed E-state index contributed by atoms with van der Waals surface area (Å²) in [5, 5.41) is 5.52. The van der Waals surface area contributed by atoms with Crippen molar-refractivity contribution >= 4 is 17.4 Å². The summed E-state index contributed by atoms with van der Waals surface area (Å²) < 4.78 is 7.79. The Hall–Kier alpha value is -2.81. The van der Waals surface area contributed by atoms with Gasteiger partial charge in [0.05, 0.1) is 24.1 Å². The third-order valence-electron chi connectivity index (χ3n) is 4.58. The monoisotopic (exact) mass is 378 g/mol. The van der Waals surface area contributed by atoms with Crippen molar-refractivity contribution in [2.75, 3.05) is 5.73 Å². The number of nitrogen functional groups attached to an aromatic ring is 1. The zero-order chi connectivity index (χ0) is 19.0. The van der Waals surface area contributed by atoms with Crippen LogP contribution < -0.4 is 5.73 Å². The highest BCUT2D eigenvalue weighted by Gasteiger charge is 2.25. The largest absolute Gasteiger partial charge is 0.384 e. The SMILES string of the molecule is Cc1cc(-n2nc(C#Cc3ccc(N)nc3)c3c2C[C@H](C)OC3)ccc1Cl. The van der Waals surface area contributed by atoms with Gasteiger partial charge in [-0.1, -0.05) is 17.5 Å². The lowest BCUT2D eigenvalue weighted by molar-refractivity contribution is 0.0397. The van der Waals surface area contributed by atoms with E-state index in [9.17, 15) is 0 Å². The summed E-state index contributed by atoms with van der Waals surface area (Å²) in [7, 11) is 0. The lowest BCUT2D eigenvalue weighted by Crippen LogP contribution is -2.21. The van der Waals surface area contributed by atoms with E-state index in [1.54, 1.807) is 12.3 Å². The van der Waals surface area contributed by atoms with Gasteiger partial charge in [-0.3, -0.25) is 0 Å². The quantitative estimate of drug-likeness (QED) is 0.656. The fourth-order valence-electron chi connectivity index (χ4n) is 3.09. The lowest BCUT2D eigenvalue weighted by atomic mass is 10.0. The Balaban J connectivity index is 1.79. The van der Waals surface area contributed by atoms with Gasteiger partial charge in [0.25, 0.3) is 0 Å². The fourth-order valence-corrected chi connectivity index (χ4v) is 3.21. The molecule has 0 unspecified atom stereocenters. The van der Waals surface area contributed by atoms with Crippen molar-refractivity contribution in [1.29, 1.82) is 0 Å².